The zero-order valence-corrected chi connectivity index (χ0v) is 19.0. The van der Waals surface area contributed by atoms with Crippen molar-refractivity contribution in [1.29, 1.82) is 10.0 Å². The Labute approximate surface area is 193 Å². The number of alkyl halides is 3. The van der Waals surface area contributed by atoms with Crippen molar-refractivity contribution in [2.24, 2.45) is 0 Å². The van der Waals surface area contributed by atoms with Crippen molar-refractivity contribution >= 4 is 21.3 Å². The Morgan fingerprint density at radius 3 is 2.47 bits per heavy atom. The van der Waals surface area contributed by atoms with Gasteiger partial charge < -0.3 is 10.1 Å². The van der Waals surface area contributed by atoms with Crippen LogP contribution in [0.2, 0.25) is 0 Å². The highest BCUT2D eigenvalue weighted by Gasteiger charge is 2.38. The van der Waals surface area contributed by atoms with E-state index in [0.29, 0.717) is 11.1 Å². The molecule has 176 valence electrons. The van der Waals surface area contributed by atoms with Crippen LogP contribution in [0.25, 0.3) is 0 Å². The van der Waals surface area contributed by atoms with Crippen LogP contribution in [0.15, 0.2) is 47.4 Å². The van der Waals surface area contributed by atoms with E-state index in [1.165, 1.54) is 48.7 Å². The van der Waals surface area contributed by atoms with Crippen LogP contribution >= 0.6 is 0 Å². The van der Waals surface area contributed by atoms with Crippen LogP contribution < -0.4 is 10.1 Å². The van der Waals surface area contributed by atoms with Gasteiger partial charge in [0.2, 0.25) is 0 Å². The van der Waals surface area contributed by atoms with Gasteiger partial charge >= 0.3 is 6.18 Å². The van der Waals surface area contributed by atoms with Gasteiger partial charge in [0.15, 0.2) is 5.69 Å². The van der Waals surface area contributed by atoms with Crippen molar-refractivity contribution in [2.75, 3.05) is 11.6 Å². The van der Waals surface area contributed by atoms with Gasteiger partial charge in [-0.3, -0.25) is 4.79 Å². The van der Waals surface area contributed by atoms with E-state index in [4.69, 9.17) is 14.8 Å². The average molecular weight is 489 g/mol. The van der Waals surface area contributed by atoms with Crippen molar-refractivity contribution in [3.63, 3.8) is 0 Å². The van der Waals surface area contributed by atoms with E-state index in [9.17, 15) is 22.2 Å². The molecule has 0 aliphatic rings. The number of anilines is 1. The van der Waals surface area contributed by atoms with Crippen molar-refractivity contribution in [1.82, 2.24) is 10.2 Å². The number of nitriles is 1. The molecule has 12 heteroatoms. The van der Waals surface area contributed by atoms with Gasteiger partial charge in [-0.05, 0) is 61.4 Å². The zero-order chi connectivity index (χ0) is 25.3. The predicted molar refractivity (Wildman–Crippen MR) is 117 cm³/mol. The number of carbonyl (C=O) groups is 1. The highest BCUT2D eigenvalue weighted by Crippen LogP contribution is 2.35. The van der Waals surface area contributed by atoms with Gasteiger partial charge in [-0.15, -0.1) is 10.2 Å². The third-order valence-electron chi connectivity index (χ3n) is 4.73. The number of amides is 1. The molecule has 8 nitrogen and oxygen atoms in total. The second-order valence-electron chi connectivity index (χ2n) is 7.37. The first-order valence-electron chi connectivity index (χ1n) is 9.59. The molecule has 3 aromatic rings. The minimum Gasteiger partial charge on any atom is -0.437 e. The largest absolute Gasteiger partial charge is 0.437 e. The van der Waals surface area contributed by atoms with E-state index in [1.54, 1.807) is 6.92 Å². The molecule has 0 saturated heterocycles. The quantitative estimate of drug-likeness (QED) is 0.515. The van der Waals surface area contributed by atoms with E-state index < -0.39 is 44.5 Å². The molecule has 0 spiro atoms. The Bertz CT molecular complexity index is 1430. The fourth-order valence-corrected chi connectivity index (χ4v) is 3.74. The predicted octanol–water partition coefficient (Wildman–Crippen LogP) is 5.06. The Morgan fingerprint density at radius 1 is 1.18 bits per heavy atom. The first-order chi connectivity index (χ1) is 15.8. The van der Waals surface area contributed by atoms with Gasteiger partial charge in [0.05, 0.1) is 21.4 Å². The molecular weight excluding hydrogens is 471 g/mol. The summed E-state index contributed by atoms with van der Waals surface area (Å²) in [4.78, 5) is 13.2. The molecule has 0 saturated carbocycles. The molecule has 0 radical (unpaired) electrons. The number of aryl methyl sites for hydroxylation is 1. The van der Waals surface area contributed by atoms with Crippen LogP contribution in [0, 0.1) is 30.0 Å². The molecule has 1 amide bonds. The summed E-state index contributed by atoms with van der Waals surface area (Å²) in [6.07, 6.45) is -3.67. The summed E-state index contributed by atoms with van der Waals surface area (Å²) in [6.45, 7) is 2.69. The minimum atomic E-state index is -4.87. The fourth-order valence-electron chi connectivity index (χ4n) is 3.05. The van der Waals surface area contributed by atoms with Crippen molar-refractivity contribution < 1.29 is 26.9 Å². The molecular formula is C22H18F3N5O3S. The normalized spacial score (nSPS) is 13.0. The summed E-state index contributed by atoms with van der Waals surface area (Å²) in [6, 6.07) is 12.0. The molecule has 1 atom stereocenters. The number of rotatable bonds is 5. The second kappa shape index (κ2) is 9.11. The van der Waals surface area contributed by atoms with E-state index in [0.717, 1.165) is 6.92 Å². The maximum Gasteiger partial charge on any atom is 0.435 e. The minimum absolute atomic E-state index is 0.120. The van der Waals surface area contributed by atoms with E-state index >= 15 is 0 Å². The lowest BCUT2D eigenvalue weighted by molar-refractivity contribution is -0.142. The van der Waals surface area contributed by atoms with E-state index in [-0.39, 0.29) is 16.3 Å². The monoisotopic (exact) mass is 489 g/mol. The number of benzene rings is 2. The summed E-state index contributed by atoms with van der Waals surface area (Å²) in [5, 5.41) is 18.2. The third kappa shape index (κ3) is 5.32. The number of carbonyl (C=O) groups excluding carboxylic acids is 1. The molecule has 2 N–H and O–H groups in total. The summed E-state index contributed by atoms with van der Waals surface area (Å²) in [5.74, 6) is -1.26. The van der Waals surface area contributed by atoms with Crippen LogP contribution in [-0.2, 0) is 15.9 Å². The topological polar surface area (TPSA) is 129 Å². The summed E-state index contributed by atoms with van der Waals surface area (Å²) < 4.78 is 65.7. The van der Waals surface area contributed by atoms with Gasteiger partial charge in [0.1, 0.15) is 11.3 Å². The van der Waals surface area contributed by atoms with Crippen molar-refractivity contribution in [2.45, 2.75) is 24.9 Å². The van der Waals surface area contributed by atoms with Crippen LogP contribution in [0.1, 0.15) is 32.7 Å². The summed E-state index contributed by atoms with van der Waals surface area (Å²) >= 11 is 0. The maximum atomic E-state index is 13.5. The molecule has 0 fully saturated rings. The summed E-state index contributed by atoms with van der Waals surface area (Å²) in [7, 11) is -3.09. The number of aromatic nitrogens is 2. The van der Waals surface area contributed by atoms with Gasteiger partial charge in [0.25, 0.3) is 11.8 Å². The van der Waals surface area contributed by atoms with Gasteiger partial charge in [-0.2, -0.15) is 18.4 Å². The van der Waals surface area contributed by atoms with E-state index in [2.05, 4.69) is 15.5 Å². The molecule has 1 aromatic heterocycles. The lowest BCUT2D eigenvalue weighted by Gasteiger charge is -2.17. The highest BCUT2D eigenvalue weighted by molar-refractivity contribution is 7.91. The first-order valence-corrected chi connectivity index (χ1v) is 11.6. The van der Waals surface area contributed by atoms with Gasteiger partial charge in [-0.1, -0.05) is 6.07 Å². The molecule has 3 rings (SSSR count). The Hall–Kier alpha value is -3.98. The third-order valence-corrected chi connectivity index (χ3v) is 5.89. The SMILES string of the molecule is Cc1cc(C#N)ccc1Oc1nnc(C(F)(F)F)c(C)c1C(=O)Nc1cccc(S(C)(=N)=O)c1. The first kappa shape index (κ1) is 24.7. The van der Waals surface area contributed by atoms with Gasteiger partial charge in [0, 0.05) is 16.8 Å². The number of ether oxygens (including phenoxy) is 1. The average Bonchev–Trinajstić information content (AvgIpc) is 2.73. The Morgan fingerprint density at radius 2 is 1.88 bits per heavy atom. The number of hydrogen-bond acceptors (Lipinski definition) is 7. The van der Waals surface area contributed by atoms with Crippen molar-refractivity contribution in [3.05, 3.63) is 70.4 Å². The number of hydrogen-bond donors (Lipinski definition) is 2. The molecule has 1 heterocycles. The fraction of sp³-hybridized carbons (Fsp3) is 0.182. The molecule has 0 aliphatic carbocycles. The summed E-state index contributed by atoms with van der Waals surface area (Å²) in [5.41, 5.74) is -1.39. The van der Waals surface area contributed by atoms with Crippen LogP contribution in [0.3, 0.4) is 0 Å². The lowest BCUT2D eigenvalue weighted by atomic mass is 10.1. The zero-order valence-electron chi connectivity index (χ0n) is 18.1. The number of halogens is 3. The van der Waals surface area contributed by atoms with Crippen LogP contribution in [0.5, 0.6) is 11.6 Å². The highest BCUT2D eigenvalue weighted by atomic mass is 32.2. The smallest absolute Gasteiger partial charge is 0.435 e. The standard InChI is InChI=1S/C22H18F3N5O3S/c1-12-9-14(11-26)7-8-17(12)33-21-18(13(2)19(29-30-21)22(23,24)25)20(31)28-15-5-4-6-16(10-15)34(3,27)32/h4-10,27H,1-3H3,(H,28,31). The van der Waals surface area contributed by atoms with Crippen LogP contribution in [0.4, 0.5) is 18.9 Å². The molecule has 0 bridgehead atoms. The van der Waals surface area contributed by atoms with Crippen molar-refractivity contribution in [3.8, 4) is 17.7 Å². The maximum absolute atomic E-state index is 13.5. The molecule has 2 aromatic carbocycles. The van der Waals surface area contributed by atoms with Gasteiger partial charge in [-0.25, -0.2) is 8.99 Å². The molecule has 0 aliphatic heterocycles. The number of nitrogens with zero attached hydrogens (tertiary/aromatic N) is 3. The Kier molecular flexibility index (Phi) is 6.60. The molecule has 34 heavy (non-hydrogen) atoms. The lowest BCUT2D eigenvalue weighted by Crippen LogP contribution is -2.21. The number of nitrogens with one attached hydrogen (secondary N) is 2. The van der Waals surface area contributed by atoms with Crippen LogP contribution in [-0.4, -0.2) is 26.6 Å². The Balaban J connectivity index is 2.08. The van der Waals surface area contributed by atoms with E-state index in [1.807, 2.05) is 6.07 Å². The molecule has 1 unspecified atom stereocenters. The second-order valence-corrected chi connectivity index (χ2v) is 9.53.